The average molecular weight is 125 g/mol. The van der Waals surface area contributed by atoms with E-state index in [0.29, 0.717) is 19.3 Å². The summed E-state index contributed by atoms with van der Waals surface area (Å²) in [5.41, 5.74) is 0.740. The van der Waals surface area contributed by atoms with Crippen LogP contribution in [-0.4, -0.2) is 6.17 Å². The lowest BCUT2D eigenvalue weighted by molar-refractivity contribution is 0.309. The van der Waals surface area contributed by atoms with Crippen LogP contribution in [0.15, 0.2) is 11.6 Å². The Labute approximate surface area is 53.8 Å². The van der Waals surface area contributed by atoms with Crippen molar-refractivity contribution in [2.45, 2.75) is 25.4 Å². The van der Waals surface area contributed by atoms with Crippen LogP contribution in [0.1, 0.15) is 19.3 Å². The first-order valence-electron chi connectivity index (χ1n) is 3.06. The minimum atomic E-state index is -0.706. The molecule has 0 saturated heterocycles. The maximum absolute atomic E-state index is 12.3. The van der Waals surface area contributed by atoms with Gasteiger partial charge in [0.15, 0.2) is 0 Å². The second kappa shape index (κ2) is 2.63. The molecule has 2 heteroatoms. The highest BCUT2D eigenvalue weighted by molar-refractivity contribution is 5.22. The average Bonchev–Trinajstić information content (AvgIpc) is 1.90. The molecule has 1 nitrogen and oxygen atoms in total. The Morgan fingerprint density at radius 3 is 3.00 bits per heavy atom. The van der Waals surface area contributed by atoms with E-state index in [9.17, 15) is 4.39 Å². The summed E-state index contributed by atoms with van der Waals surface area (Å²) in [7, 11) is 0. The highest BCUT2D eigenvalue weighted by Gasteiger charge is 2.11. The van der Waals surface area contributed by atoms with Gasteiger partial charge in [0.1, 0.15) is 6.17 Å². The van der Waals surface area contributed by atoms with Gasteiger partial charge in [-0.1, -0.05) is 6.08 Å². The minimum Gasteiger partial charge on any atom is -0.247 e. The maximum Gasteiger partial charge on any atom is 0.104 e. The number of hydrogen-bond acceptors (Lipinski definition) is 1. The van der Waals surface area contributed by atoms with Crippen LogP contribution in [0.2, 0.25) is 0 Å². The number of nitrogens with zero attached hydrogens (tertiary/aromatic N) is 1. The van der Waals surface area contributed by atoms with Gasteiger partial charge in [0, 0.05) is 5.57 Å². The number of alkyl halides is 1. The quantitative estimate of drug-likeness (QED) is 0.485. The molecule has 0 spiro atoms. The van der Waals surface area contributed by atoms with Gasteiger partial charge in [-0.2, -0.15) is 5.26 Å². The van der Waals surface area contributed by atoms with Crippen LogP contribution in [0.5, 0.6) is 0 Å². The molecule has 0 N–H and O–H groups in total. The third kappa shape index (κ3) is 1.53. The van der Waals surface area contributed by atoms with Crippen LogP contribution in [-0.2, 0) is 0 Å². The summed E-state index contributed by atoms with van der Waals surface area (Å²) in [5, 5.41) is 8.34. The zero-order valence-corrected chi connectivity index (χ0v) is 5.10. The van der Waals surface area contributed by atoms with Crippen molar-refractivity contribution in [3.05, 3.63) is 11.6 Å². The molecular weight excluding hydrogens is 117 g/mol. The molecule has 1 unspecified atom stereocenters. The molecule has 1 atom stereocenters. The highest BCUT2D eigenvalue weighted by atomic mass is 19.1. The van der Waals surface area contributed by atoms with Crippen molar-refractivity contribution in [2.24, 2.45) is 0 Å². The van der Waals surface area contributed by atoms with Gasteiger partial charge in [-0.3, -0.25) is 0 Å². The maximum atomic E-state index is 12.3. The third-order valence-electron chi connectivity index (χ3n) is 1.49. The van der Waals surface area contributed by atoms with Crippen molar-refractivity contribution in [1.82, 2.24) is 0 Å². The molecule has 48 valence electrons. The summed E-state index contributed by atoms with van der Waals surface area (Å²) >= 11 is 0. The lowest BCUT2D eigenvalue weighted by atomic mass is 9.99. The Kier molecular flexibility index (Phi) is 1.84. The van der Waals surface area contributed by atoms with Gasteiger partial charge in [-0.25, -0.2) is 4.39 Å². The second-order valence-corrected chi connectivity index (χ2v) is 2.21. The lowest BCUT2D eigenvalue weighted by Gasteiger charge is -2.09. The molecule has 0 bridgehead atoms. The molecule has 9 heavy (non-hydrogen) atoms. The van der Waals surface area contributed by atoms with Crippen molar-refractivity contribution in [3.63, 3.8) is 0 Å². The van der Waals surface area contributed by atoms with Gasteiger partial charge in [0.25, 0.3) is 0 Å². The molecule has 0 aromatic heterocycles. The van der Waals surface area contributed by atoms with Crippen LogP contribution < -0.4 is 0 Å². The van der Waals surface area contributed by atoms with Crippen LogP contribution >= 0.6 is 0 Å². The molecule has 0 aromatic rings. The molecular formula is C7H8FN. The van der Waals surface area contributed by atoms with E-state index >= 15 is 0 Å². The monoisotopic (exact) mass is 125 g/mol. The second-order valence-electron chi connectivity index (χ2n) is 2.21. The van der Waals surface area contributed by atoms with E-state index in [2.05, 4.69) is 0 Å². The van der Waals surface area contributed by atoms with E-state index in [0.717, 1.165) is 5.57 Å². The predicted molar refractivity (Wildman–Crippen MR) is 32.4 cm³/mol. The molecule has 0 fully saturated rings. The largest absolute Gasteiger partial charge is 0.247 e. The topological polar surface area (TPSA) is 23.8 Å². The van der Waals surface area contributed by atoms with Gasteiger partial charge >= 0.3 is 0 Å². The summed E-state index contributed by atoms with van der Waals surface area (Å²) in [6.45, 7) is 0. The lowest BCUT2D eigenvalue weighted by Crippen LogP contribution is -2.03. The summed E-state index contributed by atoms with van der Waals surface area (Å²) in [6, 6.07) is 2.02. The van der Waals surface area contributed by atoms with Crippen LogP contribution in [0.4, 0.5) is 4.39 Å². The Morgan fingerprint density at radius 1 is 1.78 bits per heavy atom. The van der Waals surface area contributed by atoms with Crippen molar-refractivity contribution >= 4 is 0 Å². The first kappa shape index (κ1) is 6.28. The fraction of sp³-hybridized carbons (Fsp3) is 0.571. The number of halogens is 1. The number of allylic oxidation sites excluding steroid dienone is 2. The normalized spacial score (nSPS) is 26.7. The van der Waals surface area contributed by atoms with E-state index < -0.39 is 6.17 Å². The van der Waals surface area contributed by atoms with Crippen LogP contribution in [0.3, 0.4) is 0 Å². The molecule has 0 amide bonds. The van der Waals surface area contributed by atoms with Gasteiger partial charge < -0.3 is 0 Å². The van der Waals surface area contributed by atoms with Crippen molar-refractivity contribution in [1.29, 1.82) is 5.26 Å². The Bertz CT molecular complexity index is 166. The summed E-state index contributed by atoms with van der Waals surface area (Å²) in [6.07, 6.45) is 2.57. The van der Waals surface area contributed by atoms with Crippen molar-refractivity contribution in [3.8, 4) is 6.07 Å². The van der Waals surface area contributed by atoms with Gasteiger partial charge in [0.05, 0.1) is 6.07 Å². The summed E-state index contributed by atoms with van der Waals surface area (Å²) in [5.74, 6) is 0. The molecule has 0 saturated carbocycles. The van der Waals surface area contributed by atoms with E-state index in [4.69, 9.17) is 5.26 Å². The number of rotatable bonds is 0. The van der Waals surface area contributed by atoms with E-state index in [-0.39, 0.29) is 0 Å². The van der Waals surface area contributed by atoms with Crippen LogP contribution in [0, 0.1) is 11.3 Å². The standard InChI is InChI=1S/C7H8FN/c8-7-3-1-6(5-9)2-4-7/h1,7H,2-4H2. The summed E-state index contributed by atoms with van der Waals surface area (Å²) in [4.78, 5) is 0. The fourth-order valence-corrected chi connectivity index (χ4v) is 0.904. The highest BCUT2D eigenvalue weighted by Crippen LogP contribution is 2.19. The van der Waals surface area contributed by atoms with Crippen molar-refractivity contribution < 1.29 is 4.39 Å². The zero-order chi connectivity index (χ0) is 6.69. The minimum absolute atomic E-state index is 0.433. The third-order valence-corrected chi connectivity index (χ3v) is 1.49. The SMILES string of the molecule is N#CC1=CCC(F)CC1. The number of hydrogen-bond donors (Lipinski definition) is 0. The van der Waals surface area contributed by atoms with Crippen LogP contribution in [0.25, 0.3) is 0 Å². The molecule has 0 aliphatic heterocycles. The molecule has 0 radical (unpaired) electrons. The van der Waals surface area contributed by atoms with E-state index in [1.165, 1.54) is 0 Å². The fourth-order valence-electron chi connectivity index (χ4n) is 0.904. The first-order chi connectivity index (χ1) is 4.33. The van der Waals surface area contributed by atoms with E-state index in [1.54, 1.807) is 6.08 Å². The molecule has 0 heterocycles. The molecule has 1 aliphatic rings. The van der Waals surface area contributed by atoms with Gasteiger partial charge in [-0.05, 0) is 19.3 Å². The smallest absolute Gasteiger partial charge is 0.104 e. The Hall–Kier alpha value is -0.840. The Balaban J connectivity index is 2.53. The molecule has 1 rings (SSSR count). The Morgan fingerprint density at radius 2 is 2.56 bits per heavy atom. The first-order valence-corrected chi connectivity index (χ1v) is 3.06. The molecule has 0 aromatic carbocycles. The molecule has 1 aliphatic carbocycles. The van der Waals surface area contributed by atoms with E-state index in [1.807, 2.05) is 6.07 Å². The van der Waals surface area contributed by atoms with Gasteiger partial charge in [0.2, 0.25) is 0 Å². The van der Waals surface area contributed by atoms with Gasteiger partial charge in [-0.15, -0.1) is 0 Å². The zero-order valence-electron chi connectivity index (χ0n) is 5.10. The van der Waals surface area contributed by atoms with Crippen molar-refractivity contribution in [2.75, 3.05) is 0 Å². The summed E-state index contributed by atoms with van der Waals surface area (Å²) < 4.78 is 12.3. The predicted octanol–water partition coefficient (Wildman–Crippen LogP) is 1.96. The number of nitriles is 1.